The Morgan fingerprint density at radius 1 is 1.25 bits per heavy atom. The van der Waals surface area contributed by atoms with E-state index in [1.54, 1.807) is 0 Å². The van der Waals surface area contributed by atoms with Crippen LogP contribution in [0.25, 0.3) is 11.2 Å². The second-order valence-corrected chi connectivity index (χ2v) is 3.95. The molecule has 0 atom stereocenters. The lowest BCUT2D eigenvalue weighted by molar-refractivity contribution is 0.117. The van der Waals surface area contributed by atoms with Gasteiger partial charge in [0.1, 0.15) is 0 Å². The van der Waals surface area contributed by atoms with E-state index in [1.807, 2.05) is 0 Å². The molecule has 10 nitrogen and oxygen atoms in total. The molecule has 0 amide bonds. The van der Waals surface area contributed by atoms with E-state index in [-0.39, 0.29) is 15.9 Å². The molecule has 0 unspecified atom stereocenters. The molecule has 2 bridgehead atoms. The van der Waals surface area contributed by atoms with Gasteiger partial charge >= 0.3 is 21.6 Å². The fraction of sp³-hybridized carbons (Fsp3) is 0. The maximum atomic E-state index is 11.5. The number of fused-ring (bicyclic) bond motifs is 4. The molecule has 84 valence electrons. The molecule has 16 heavy (non-hydrogen) atoms. The lowest BCUT2D eigenvalue weighted by atomic mass is 10.5. The molecule has 0 fully saturated rings. The lowest BCUT2D eigenvalue weighted by Crippen LogP contribution is -2.54. The smallest absolute Gasteiger partial charge is 0.339 e. The first-order valence-corrected chi connectivity index (χ1v) is 5.19. The van der Waals surface area contributed by atoms with Crippen molar-refractivity contribution in [2.45, 2.75) is 0 Å². The summed E-state index contributed by atoms with van der Waals surface area (Å²) in [4.78, 5) is 29.0. The van der Waals surface area contributed by atoms with Crippen molar-refractivity contribution in [3.63, 3.8) is 0 Å². The van der Waals surface area contributed by atoms with E-state index >= 15 is 0 Å². The van der Waals surface area contributed by atoms with E-state index in [2.05, 4.69) is 18.5 Å². The van der Waals surface area contributed by atoms with Crippen molar-refractivity contribution in [1.29, 1.82) is 0 Å². The van der Waals surface area contributed by atoms with E-state index in [0.29, 0.717) is 4.73 Å². The minimum atomic E-state index is -4.47. The minimum Gasteiger partial charge on any atom is -0.339 e. The third-order valence-electron chi connectivity index (χ3n) is 1.89. The molecule has 0 radical (unpaired) electrons. The summed E-state index contributed by atoms with van der Waals surface area (Å²) in [6.07, 6.45) is 1.12. The molecule has 2 aromatic heterocycles. The Balaban J connectivity index is 2.63. The van der Waals surface area contributed by atoms with Gasteiger partial charge in [0, 0.05) is 0 Å². The van der Waals surface area contributed by atoms with Crippen LogP contribution in [0, 0.1) is 0 Å². The molecule has 2 aromatic rings. The highest BCUT2D eigenvalue weighted by Gasteiger charge is 2.31. The predicted octanol–water partition coefficient (Wildman–Crippen LogP) is -3.00. The average molecular weight is 246 g/mol. The Labute approximate surface area is 85.9 Å². The summed E-state index contributed by atoms with van der Waals surface area (Å²) in [6.45, 7) is 0. The Bertz CT molecular complexity index is 810. The minimum absolute atomic E-state index is 0.0688. The number of imidazole rings is 1. The lowest BCUT2D eigenvalue weighted by Gasteiger charge is -2.14. The third kappa shape index (κ3) is 0.942. The zero-order valence-electron chi connectivity index (χ0n) is 7.28. The summed E-state index contributed by atoms with van der Waals surface area (Å²) in [7, 11) is -4.47. The highest BCUT2D eigenvalue weighted by atomic mass is 32.3. The van der Waals surface area contributed by atoms with Gasteiger partial charge in [-0.15, -0.1) is 8.42 Å². The van der Waals surface area contributed by atoms with Gasteiger partial charge < -0.3 is 4.98 Å². The van der Waals surface area contributed by atoms with Gasteiger partial charge in [0.05, 0.1) is 6.33 Å². The number of hydrogen-bond acceptors (Lipinski definition) is 7. The average Bonchev–Trinajstić information content (AvgIpc) is 2.66. The second-order valence-electron chi connectivity index (χ2n) is 2.83. The zero-order chi connectivity index (χ0) is 11.5. The van der Waals surface area contributed by atoms with E-state index < -0.39 is 21.6 Å². The van der Waals surface area contributed by atoms with Crippen LogP contribution in [0.1, 0.15) is 0 Å². The van der Waals surface area contributed by atoms with Crippen LogP contribution in [0.5, 0.6) is 0 Å². The van der Waals surface area contributed by atoms with E-state index in [9.17, 15) is 18.0 Å². The maximum absolute atomic E-state index is 11.5. The van der Waals surface area contributed by atoms with Crippen LogP contribution in [0.3, 0.4) is 0 Å². The summed E-state index contributed by atoms with van der Waals surface area (Å²) >= 11 is 0. The number of aromatic nitrogens is 4. The normalized spacial score (nSPS) is 16.8. The monoisotopic (exact) mass is 246 g/mol. The van der Waals surface area contributed by atoms with Gasteiger partial charge in [0.2, 0.25) is 5.65 Å². The number of rotatable bonds is 0. The van der Waals surface area contributed by atoms with Crippen molar-refractivity contribution in [2.24, 2.45) is 0 Å². The highest BCUT2D eigenvalue weighted by molar-refractivity contribution is 7.82. The number of hydrogen-bond donors (Lipinski definition) is 1. The number of aromatic amines is 1. The van der Waals surface area contributed by atoms with Gasteiger partial charge in [-0.1, -0.05) is 9.46 Å². The first-order chi connectivity index (χ1) is 7.49. The van der Waals surface area contributed by atoms with Crippen LogP contribution in [-0.2, 0) is 10.4 Å². The molecular formula is C5H2N4O6S. The molecule has 1 aliphatic heterocycles. The van der Waals surface area contributed by atoms with Gasteiger partial charge in [0.25, 0.3) is 0 Å². The van der Waals surface area contributed by atoms with Gasteiger partial charge in [-0.2, -0.15) is 0 Å². The highest BCUT2D eigenvalue weighted by Crippen LogP contribution is 2.03. The van der Waals surface area contributed by atoms with Crippen molar-refractivity contribution in [3.8, 4) is 0 Å². The Morgan fingerprint density at radius 2 is 1.94 bits per heavy atom. The van der Waals surface area contributed by atoms with Gasteiger partial charge in [0.15, 0.2) is 5.52 Å². The fourth-order valence-corrected chi connectivity index (χ4v) is 1.95. The van der Waals surface area contributed by atoms with Crippen LogP contribution >= 0.6 is 0 Å². The van der Waals surface area contributed by atoms with Crippen LogP contribution in [0.2, 0.25) is 0 Å². The number of nitrogens with one attached hydrogen (secondary N) is 1. The van der Waals surface area contributed by atoms with Gasteiger partial charge in [-0.3, -0.25) is 4.79 Å². The fourth-order valence-electron chi connectivity index (χ4n) is 1.29. The topological polar surface area (TPSA) is 125 Å². The van der Waals surface area contributed by atoms with Crippen LogP contribution in [0.4, 0.5) is 0 Å². The first kappa shape index (κ1) is 8.96. The maximum Gasteiger partial charge on any atom is 0.540 e. The summed E-state index contributed by atoms with van der Waals surface area (Å²) in [5, 5.41) is 0. The summed E-state index contributed by atoms with van der Waals surface area (Å²) in [6, 6.07) is 0. The Kier molecular flexibility index (Phi) is 1.37. The molecule has 0 spiro atoms. The molecule has 0 saturated heterocycles. The second kappa shape index (κ2) is 2.44. The summed E-state index contributed by atoms with van der Waals surface area (Å²) in [5.74, 6) is 0. The molecule has 11 heteroatoms. The number of nitrogens with zero attached hydrogens (tertiary/aromatic N) is 3. The van der Waals surface area contributed by atoms with Gasteiger partial charge in [-0.05, 0) is 0 Å². The van der Waals surface area contributed by atoms with Crippen molar-refractivity contribution >= 4 is 21.6 Å². The van der Waals surface area contributed by atoms with Gasteiger partial charge in [-0.25, -0.2) is 18.3 Å². The molecule has 0 saturated carbocycles. The van der Waals surface area contributed by atoms with Crippen LogP contribution in [0.15, 0.2) is 15.9 Å². The molecule has 1 N–H and O–H groups in total. The third-order valence-corrected chi connectivity index (χ3v) is 2.55. The first-order valence-electron chi connectivity index (χ1n) is 3.85. The summed E-state index contributed by atoms with van der Waals surface area (Å²) < 4.78 is 30.8. The number of H-pyrrole nitrogens is 1. The molecule has 1 aliphatic rings. The summed E-state index contributed by atoms with van der Waals surface area (Å²) in [5.41, 5.74) is -2.37. The van der Waals surface area contributed by atoms with Crippen molar-refractivity contribution < 1.29 is 17.0 Å². The molecule has 3 rings (SSSR count). The van der Waals surface area contributed by atoms with Crippen LogP contribution in [-0.4, -0.2) is 27.8 Å². The van der Waals surface area contributed by atoms with Crippen molar-refractivity contribution in [2.75, 3.05) is 0 Å². The predicted molar refractivity (Wildman–Crippen MR) is 46.7 cm³/mol. The standard InChI is InChI=1S/C5H2N4O6S/c10-4-2-3(7-1-6-2)8-5(11)9(4)15-16(12,13)14-8/h1H,(H,6,7). The molecule has 0 aromatic carbocycles. The van der Waals surface area contributed by atoms with Crippen LogP contribution < -0.4 is 19.8 Å². The SMILES string of the molecule is O=c1c2[nH]cnc2n2c(=O)n1OS(=O)(=O)O2. The van der Waals surface area contributed by atoms with Crippen molar-refractivity contribution in [1.82, 2.24) is 19.4 Å². The van der Waals surface area contributed by atoms with E-state index in [4.69, 9.17) is 0 Å². The Hall–Kier alpha value is -2.30. The van der Waals surface area contributed by atoms with Crippen molar-refractivity contribution in [3.05, 3.63) is 27.2 Å². The largest absolute Gasteiger partial charge is 0.540 e. The molecule has 0 aliphatic carbocycles. The Morgan fingerprint density at radius 3 is 2.69 bits per heavy atom. The van der Waals surface area contributed by atoms with E-state index in [0.717, 1.165) is 6.33 Å². The molecule has 3 heterocycles. The molecular weight excluding hydrogens is 244 g/mol. The zero-order valence-corrected chi connectivity index (χ0v) is 8.09. The van der Waals surface area contributed by atoms with E-state index in [1.165, 1.54) is 0 Å². The quantitative estimate of drug-likeness (QED) is 0.525.